The first-order valence-corrected chi connectivity index (χ1v) is 12.7. The number of sulfonamides is 1. The van der Waals surface area contributed by atoms with Gasteiger partial charge in [0.05, 0.1) is 17.6 Å². The first-order chi connectivity index (χ1) is 17.2. The van der Waals surface area contributed by atoms with Gasteiger partial charge in [0, 0.05) is 43.1 Å². The second-order valence-electron chi connectivity index (χ2n) is 8.37. The number of carbonyl (C=O) groups excluding carboxylic acids is 2. The van der Waals surface area contributed by atoms with E-state index in [9.17, 15) is 22.4 Å². The first-order valence-electron chi connectivity index (χ1n) is 11.3. The minimum atomic E-state index is -3.83. The molecule has 0 unspecified atom stereocenters. The number of hydrogen-bond acceptors (Lipinski definition) is 6. The number of hydrogen-bond donors (Lipinski definition) is 1. The number of aryl methyl sites for hydroxylation is 1. The summed E-state index contributed by atoms with van der Waals surface area (Å²) < 4.78 is 45.9. The van der Waals surface area contributed by atoms with Gasteiger partial charge in [-0.3, -0.25) is 4.79 Å². The molecule has 10 heteroatoms. The summed E-state index contributed by atoms with van der Waals surface area (Å²) in [4.78, 5) is 26.8. The van der Waals surface area contributed by atoms with Crippen LogP contribution in [0.1, 0.15) is 26.3 Å². The fourth-order valence-corrected chi connectivity index (χ4v) is 5.45. The van der Waals surface area contributed by atoms with Gasteiger partial charge in [0.2, 0.25) is 10.0 Å². The maximum Gasteiger partial charge on any atom is 0.337 e. The van der Waals surface area contributed by atoms with Gasteiger partial charge in [-0.2, -0.15) is 4.31 Å². The monoisotopic (exact) mass is 511 g/mol. The van der Waals surface area contributed by atoms with Crippen LogP contribution in [0.15, 0.2) is 71.6 Å². The second-order valence-corrected chi connectivity index (χ2v) is 10.3. The summed E-state index contributed by atoms with van der Waals surface area (Å²) in [6.45, 7) is 3.22. The Bertz CT molecular complexity index is 1380. The maximum absolute atomic E-state index is 13.3. The zero-order chi connectivity index (χ0) is 25.9. The lowest BCUT2D eigenvalue weighted by Gasteiger charge is -2.35. The van der Waals surface area contributed by atoms with Crippen molar-refractivity contribution in [3.63, 3.8) is 0 Å². The summed E-state index contributed by atoms with van der Waals surface area (Å²) >= 11 is 0. The SMILES string of the molecule is COC(=O)c1ccc(C)c(NC(=O)c2cccc(S(=O)(=O)N3CCN(c4ccc(F)cc4)CC3)c2)c1. The third kappa shape index (κ3) is 5.39. The Morgan fingerprint density at radius 1 is 0.917 bits per heavy atom. The lowest BCUT2D eigenvalue weighted by molar-refractivity contribution is 0.0600. The quantitative estimate of drug-likeness (QED) is 0.508. The number of carbonyl (C=O) groups is 2. The highest BCUT2D eigenvalue weighted by Gasteiger charge is 2.29. The van der Waals surface area contributed by atoms with Gasteiger partial charge in [0.25, 0.3) is 5.91 Å². The fraction of sp³-hybridized carbons (Fsp3) is 0.231. The normalized spacial score (nSPS) is 14.4. The van der Waals surface area contributed by atoms with Gasteiger partial charge in [-0.05, 0) is 67.1 Å². The van der Waals surface area contributed by atoms with Gasteiger partial charge in [-0.1, -0.05) is 12.1 Å². The van der Waals surface area contributed by atoms with Crippen molar-refractivity contribution in [3.05, 3.63) is 89.2 Å². The minimum Gasteiger partial charge on any atom is -0.465 e. The molecule has 4 rings (SSSR count). The number of nitrogens with zero attached hydrogens (tertiary/aromatic N) is 2. The Morgan fingerprint density at radius 3 is 2.28 bits per heavy atom. The highest BCUT2D eigenvalue weighted by Crippen LogP contribution is 2.23. The zero-order valence-corrected chi connectivity index (χ0v) is 20.7. The number of rotatable bonds is 6. The molecular weight excluding hydrogens is 485 g/mol. The van der Waals surface area contributed by atoms with Crippen molar-refractivity contribution in [2.45, 2.75) is 11.8 Å². The van der Waals surface area contributed by atoms with Gasteiger partial charge in [0.1, 0.15) is 5.82 Å². The Morgan fingerprint density at radius 2 is 1.61 bits per heavy atom. The molecule has 1 amide bonds. The molecule has 3 aromatic carbocycles. The van der Waals surface area contributed by atoms with Crippen LogP contribution in [0.3, 0.4) is 0 Å². The molecule has 0 radical (unpaired) electrons. The van der Waals surface area contributed by atoms with Crippen molar-refractivity contribution in [2.24, 2.45) is 0 Å². The highest BCUT2D eigenvalue weighted by molar-refractivity contribution is 7.89. The third-order valence-corrected chi connectivity index (χ3v) is 7.97. The molecule has 0 atom stereocenters. The van der Waals surface area contributed by atoms with Crippen LogP contribution in [0.5, 0.6) is 0 Å². The number of halogens is 1. The van der Waals surface area contributed by atoms with Gasteiger partial charge < -0.3 is 15.0 Å². The summed E-state index contributed by atoms with van der Waals surface area (Å²) in [5.41, 5.74) is 2.45. The molecular formula is C26H26FN3O5S. The van der Waals surface area contributed by atoms with E-state index in [0.717, 1.165) is 11.3 Å². The average molecular weight is 512 g/mol. The molecule has 1 fully saturated rings. The standard InChI is InChI=1S/C26H26FN3O5S/c1-18-6-7-20(26(32)35-2)17-24(18)28-25(31)19-4-3-5-23(16-19)36(33,34)30-14-12-29(13-15-30)22-10-8-21(27)9-11-22/h3-11,16-17H,12-15H2,1-2H3,(H,28,31). The number of esters is 1. The highest BCUT2D eigenvalue weighted by atomic mass is 32.2. The number of benzene rings is 3. The van der Waals surface area contributed by atoms with E-state index in [0.29, 0.717) is 18.8 Å². The fourth-order valence-electron chi connectivity index (χ4n) is 3.98. The number of amides is 1. The Hall–Kier alpha value is -3.76. The summed E-state index contributed by atoms with van der Waals surface area (Å²) in [6, 6.07) is 16.7. The van der Waals surface area contributed by atoms with Crippen LogP contribution >= 0.6 is 0 Å². The van der Waals surface area contributed by atoms with Gasteiger partial charge in [-0.25, -0.2) is 17.6 Å². The lowest BCUT2D eigenvalue weighted by atomic mass is 10.1. The van der Waals surface area contributed by atoms with Crippen LogP contribution in [-0.2, 0) is 14.8 Å². The molecule has 1 aliphatic rings. The summed E-state index contributed by atoms with van der Waals surface area (Å²) in [7, 11) is -2.55. The molecule has 0 aliphatic carbocycles. The van der Waals surface area contributed by atoms with E-state index in [2.05, 4.69) is 5.32 Å². The van der Waals surface area contributed by atoms with E-state index in [1.807, 2.05) is 4.90 Å². The van der Waals surface area contributed by atoms with E-state index in [4.69, 9.17) is 4.74 Å². The topological polar surface area (TPSA) is 96.0 Å². The lowest BCUT2D eigenvalue weighted by Crippen LogP contribution is -2.48. The van der Waals surface area contributed by atoms with Gasteiger partial charge >= 0.3 is 5.97 Å². The van der Waals surface area contributed by atoms with Crippen molar-refractivity contribution in [3.8, 4) is 0 Å². The minimum absolute atomic E-state index is 0.0189. The van der Waals surface area contributed by atoms with E-state index >= 15 is 0 Å². The van der Waals surface area contributed by atoms with Crippen molar-refractivity contribution in [1.82, 2.24) is 4.31 Å². The predicted molar refractivity (Wildman–Crippen MR) is 134 cm³/mol. The summed E-state index contributed by atoms with van der Waals surface area (Å²) in [5, 5.41) is 2.74. The van der Waals surface area contributed by atoms with Gasteiger partial charge in [0.15, 0.2) is 0 Å². The molecule has 1 N–H and O–H groups in total. The van der Waals surface area contributed by atoms with E-state index < -0.39 is 21.9 Å². The van der Waals surface area contributed by atoms with Crippen molar-refractivity contribution < 1.29 is 27.1 Å². The van der Waals surface area contributed by atoms with Crippen LogP contribution in [0, 0.1) is 12.7 Å². The molecule has 1 saturated heterocycles. The summed E-state index contributed by atoms with van der Waals surface area (Å²) in [6.07, 6.45) is 0. The van der Waals surface area contributed by atoms with E-state index in [-0.39, 0.29) is 34.9 Å². The molecule has 0 bridgehead atoms. The molecule has 188 valence electrons. The van der Waals surface area contributed by atoms with Crippen LogP contribution in [-0.4, -0.2) is 57.9 Å². The molecule has 3 aromatic rings. The van der Waals surface area contributed by atoms with Crippen LogP contribution in [0.4, 0.5) is 15.8 Å². The molecule has 1 heterocycles. The Labute approximate surface area is 209 Å². The number of piperazine rings is 1. The maximum atomic E-state index is 13.3. The number of nitrogens with one attached hydrogen (secondary N) is 1. The van der Waals surface area contributed by atoms with Crippen LogP contribution in [0.2, 0.25) is 0 Å². The van der Waals surface area contributed by atoms with E-state index in [1.54, 1.807) is 31.2 Å². The van der Waals surface area contributed by atoms with Crippen molar-refractivity contribution in [1.29, 1.82) is 0 Å². The van der Waals surface area contributed by atoms with Crippen molar-refractivity contribution >= 4 is 33.3 Å². The number of methoxy groups -OCH3 is 1. The second kappa shape index (κ2) is 10.5. The van der Waals surface area contributed by atoms with Gasteiger partial charge in [-0.15, -0.1) is 0 Å². The van der Waals surface area contributed by atoms with Crippen LogP contribution in [0.25, 0.3) is 0 Å². The Kier molecular flexibility index (Phi) is 7.37. The molecule has 0 aromatic heterocycles. The van der Waals surface area contributed by atoms with Crippen molar-refractivity contribution in [2.75, 3.05) is 43.5 Å². The number of anilines is 2. The number of ether oxygens (including phenoxy) is 1. The summed E-state index contributed by atoms with van der Waals surface area (Å²) in [5.74, 6) is -1.35. The molecule has 0 spiro atoms. The molecule has 36 heavy (non-hydrogen) atoms. The molecule has 1 aliphatic heterocycles. The molecule has 0 saturated carbocycles. The third-order valence-electron chi connectivity index (χ3n) is 6.07. The Balaban J connectivity index is 1.48. The predicted octanol–water partition coefficient (Wildman–Crippen LogP) is 3.68. The largest absolute Gasteiger partial charge is 0.465 e. The van der Waals surface area contributed by atoms with E-state index in [1.165, 1.54) is 53.9 Å². The molecule has 8 nitrogen and oxygen atoms in total. The zero-order valence-electron chi connectivity index (χ0n) is 19.9. The smallest absolute Gasteiger partial charge is 0.337 e. The van der Waals surface area contributed by atoms with Crippen LogP contribution < -0.4 is 10.2 Å². The average Bonchev–Trinajstić information content (AvgIpc) is 2.90. The first kappa shape index (κ1) is 25.3.